The first-order chi connectivity index (χ1) is 15.2. The summed E-state index contributed by atoms with van der Waals surface area (Å²) in [5.74, 6) is 0.335. The molecule has 3 atom stereocenters. The van der Waals surface area contributed by atoms with Crippen LogP contribution in [0.15, 0.2) is 36.4 Å². The summed E-state index contributed by atoms with van der Waals surface area (Å²) in [4.78, 5) is 27.7. The zero-order valence-electron chi connectivity index (χ0n) is 19.7. The molecule has 1 saturated carbocycles. The van der Waals surface area contributed by atoms with E-state index in [0.717, 1.165) is 60.2 Å². The molecule has 0 bridgehead atoms. The monoisotopic (exact) mass is 433 g/mol. The van der Waals surface area contributed by atoms with Crippen molar-refractivity contribution in [1.29, 1.82) is 0 Å². The number of aryl methyl sites for hydroxylation is 4. The third-order valence-corrected chi connectivity index (χ3v) is 7.49. The van der Waals surface area contributed by atoms with E-state index in [1.807, 2.05) is 49.9 Å². The maximum Gasteiger partial charge on any atom is 0.253 e. The van der Waals surface area contributed by atoms with Crippen LogP contribution in [0.2, 0.25) is 0 Å². The highest BCUT2D eigenvalue weighted by Gasteiger charge is 2.44. The predicted molar refractivity (Wildman–Crippen MR) is 127 cm³/mol. The Kier molecular flexibility index (Phi) is 6.52. The Morgan fingerprint density at radius 3 is 2.28 bits per heavy atom. The molecule has 32 heavy (non-hydrogen) atoms. The summed E-state index contributed by atoms with van der Waals surface area (Å²) in [6, 6.07) is 12.0. The van der Waals surface area contributed by atoms with E-state index in [-0.39, 0.29) is 17.6 Å². The minimum atomic E-state index is -0.616. The fourth-order valence-corrected chi connectivity index (χ4v) is 5.97. The van der Waals surface area contributed by atoms with Gasteiger partial charge in [-0.15, -0.1) is 0 Å². The van der Waals surface area contributed by atoms with Gasteiger partial charge >= 0.3 is 0 Å². The number of aliphatic hydroxyl groups is 1. The van der Waals surface area contributed by atoms with Gasteiger partial charge in [0.05, 0.1) is 12.0 Å². The van der Waals surface area contributed by atoms with E-state index in [4.69, 9.17) is 0 Å². The molecule has 4 rings (SSSR count). The Morgan fingerprint density at radius 2 is 1.66 bits per heavy atom. The molecular weight excluding hydrogens is 398 g/mol. The Labute approximate surface area is 191 Å². The summed E-state index contributed by atoms with van der Waals surface area (Å²) in [5, 5.41) is 11.2. The van der Waals surface area contributed by atoms with Gasteiger partial charge in [-0.05, 0) is 87.6 Å². The van der Waals surface area contributed by atoms with Crippen LogP contribution in [0.3, 0.4) is 0 Å². The van der Waals surface area contributed by atoms with Crippen LogP contribution < -0.4 is 0 Å². The number of hydrogen-bond donors (Lipinski definition) is 1. The van der Waals surface area contributed by atoms with Gasteiger partial charge in [-0.25, -0.2) is 0 Å². The molecule has 1 heterocycles. The molecule has 170 valence electrons. The van der Waals surface area contributed by atoms with Gasteiger partial charge in [-0.2, -0.15) is 0 Å². The molecule has 0 spiro atoms. The lowest BCUT2D eigenvalue weighted by atomic mass is 9.82. The standard InChI is InChI=1S/C28H35NO3/c1-17-6-5-7-22(14-17)28(32)29-10-8-21(9-11-29)15-23-16-24(30)26(27(23)31)25-19(3)12-18(2)13-20(25)4/h5-7,12-14,21,23,26-27,31H,8-11,15-16H2,1-4H3. The molecule has 2 aromatic rings. The number of benzene rings is 2. The quantitative estimate of drug-likeness (QED) is 0.746. The van der Waals surface area contributed by atoms with E-state index in [2.05, 4.69) is 19.1 Å². The molecule has 2 aromatic carbocycles. The average Bonchev–Trinajstić information content (AvgIpc) is 3.01. The number of nitrogens with zero attached hydrogens (tertiary/aromatic N) is 1. The van der Waals surface area contributed by atoms with Gasteiger partial charge in [0.1, 0.15) is 5.78 Å². The van der Waals surface area contributed by atoms with Crippen LogP contribution in [0.1, 0.15) is 69.8 Å². The van der Waals surface area contributed by atoms with Crippen molar-refractivity contribution in [2.24, 2.45) is 11.8 Å². The summed E-state index contributed by atoms with van der Waals surface area (Å²) < 4.78 is 0. The number of aliphatic hydroxyl groups excluding tert-OH is 1. The lowest BCUT2D eigenvalue weighted by Crippen LogP contribution is -2.39. The maximum absolute atomic E-state index is 12.9. The molecule has 4 nitrogen and oxygen atoms in total. The molecule has 2 fully saturated rings. The number of ketones is 1. The molecule has 0 radical (unpaired) electrons. The lowest BCUT2D eigenvalue weighted by Gasteiger charge is -2.34. The number of hydrogen-bond acceptors (Lipinski definition) is 3. The molecule has 3 unspecified atom stereocenters. The molecule has 1 aliphatic heterocycles. The second kappa shape index (κ2) is 9.19. The predicted octanol–water partition coefficient (Wildman–Crippen LogP) is 4.90. The summed E-state index contributed by atoms with van der Waals surface area (Å²) >= 11 is 0. The highest BCUT2D eigenvalue weighted by atomic mass is 16.3. The van der Waals surface area contributed by atoms with Gasteiger partial charge in [-0.1, -0.05) is 35.4 Å². The van der Waals surface area contributed by atoms with Crippen molar-refractivity contribution in [3.05, 3.63) is 69.8 Å². The summed E-state index contributed by atoms with van der Waals surface area (Å²) in [7, 11) is 0. The van der Waals surface area contributed by atoms with Crippen molar-refractivity contribution < 1.29 is 14.7 Å². The number of piperidine rings is 1. The second-order valence-corrected chi connectivity index (χ2v) is 10.1. The Hall–Kier alpha value is -2.46. The maximum atomic E-state index is 12.9. The first kappa shape index (κ1) is 22.7. The largest absolute Gasteiger partial charge is 0.392 e. The van der Waals surface area contributed by atoms with Crippen LogP contribution >= 0.6 is 0 Å². The number of likely N-dealkylation sites (tertiary alicyclic amines) is 1. The molecule has 2 aliphatic rings. The first-order valence-corrected chi connectivity index (χ1v) is 11.9. The van der Waals surface area contributed by atoms with E-state index in [0.29, 0.717) is 12.3 Å². The topological polar surface area (TPSA) is 57.6 Å². The Morgan fingerprint density at radius 1 is 1.00 bits per heavy atom. The van der Waals surface area contributed by atoms with Crippen molar-refractivity contribution in [3.63, 3.8) is 0 Å². The van der Waals surface area contributed by atoms with Gasteiger partial charge in [0.15, 0.2) is 0 Å². The van der Waals surface area contributed by atoms with Crippen LogP contribution in [-0.4, -0.2) is 40.9 Å². The Bertz CT molecular complexity index is 996. The van der Waals surface area contributed by atoms with Gasteiger partial charge in [0.2, 0.25) is 0 Å². The molecule has 1 amide bonds. The lowest BCUT2D eigenvalue weighted by molar-refractivity contribution is -0.119. The average molecular weight is 434 g/mol. The fourth-order valence-electron chi connectivity index (χ4n) is 5.97. The van der Waals surface area contributed by atoms with E-state index < -0.39 is 12.0 Å². The first-order valence-electron chi connectivity index (χ1n) is 11.9. The highest BCUT2D eigenvalue weighted by molar-refractivity contribution is 5.94. The third kappa shape index (κ3) is 4.52. The van der Waals surface area contributed by atoms with E-state index in [1.165, 1.54) is 5.56 Å². The molecule has 4 heteroatoms. The van der Waals surface area contributed by atoms with E-state index in [9.17, 15) is 14.7 Å². The molecule has 1 N–H and O–H groups in total. The SMILES string of the molecule is Cc1cccc(C(=O)N2CCC(CC3CC(=O)C(c4c(C)cc(C)cc4C)C3O)CC2)c1. The van der Waals surface area contributed by atoms with Crippen LogP contribution in [0.5, 0.6) is 0 Å². The van der Waals surface area contributed by atoms with Gasteiger partial charge < -0.3 is 10.0 Å². The van der Waals surface area contributed by atoms with Gasteiger partial charge in [-0.3, -0.25) is 9.59 Å². The van der Waals surface area contributed by atoms with Crippen molar-refractivity contribution in [3.8, 4) is 0 Å². The summed E-state index contributed by atoms with van der Waals surface area (Å²) in [6.45, 7) is 9.65. The Balaban J connectivity index is 1.38. The normalized spacial score (nSPS) is 24.2. The van der Waals surface area contributed by atoms with Crippen molar-refractivity contribution in [2.75, 3.05) is 13.1 Å². The second-order valence-electron chi connectivity index (χ2n) is 10.1. The zero-order chi connectivity index (χ0) is 23.0. The molecule has 0 aromatic heterocycles. The van der Waals surface area contributed by atoms with Crippen LogP contribution in [0, 0.1) is 39.5 Å². The number of amides is 1. The fraction of sp³-hybridized carbons (Fsp3) is 0.500. The highest BCUT2D eigenvalue weighted by Crippen LogP contribution is 2.42. The number of carbonyl (C=O) groups excluding carboxylic acids is 2. The van der Waals surface area contributed by atoms with Crippen molar-refractivity contribution in [1.82, 2.24) is 4.90 Å². The minimum absolute atomic E-state index is 0.0108. The van der Waals surface area contributed by atoms with Crippen LogP contribution in [-0.2, 0) is 4.79 Å². The van der Waals surface area contributed by atoms with Gasteiger partial charge in [0.25, 0.3) is 5.91 Å². The van der Waals surface area contributed by atoms with Crippen molar-refractivity contribution >= 4 is 11.7 Å². The van der Waals surface area contributed by atoms with Gasteiger partial charge in [0, 0.05) is 25.1 Å². The smallest absolute Gasteiger partial charge is 0.253 e. The molecule has 1 saturated heterocycles. The van der Waals surface area contributed by atoms with E-state index in [1.54, 1.807) is 0 Å². The van der Waals surface area contributed by atoms with Crippen LogP contribution in [0.25, 0.3) is 0 Å². The van der Waals surface area contributed by atoms with Crippen LogP contribution in [0.4, 0.5) is 0 Å². The molecule has 1 aliphatic carbocycles. The summed E-state index contributed by atoms with van der Waals surface area (Å²) in [5.41, 5.74) is 6.26. The number of rotatable bonds is 4. The van der Waals surface area contributed by atoms with E-state index >= 15 is 0 Å². The zero-order valence-corrected chi connectivity index (χ0v) is 19.7. The summed E-state index contributed by atoms with van der Waals surface area (Å²) in [6.07, 6.45) is 2.57. The van der Waals surface area contributed by atoms with Crippen molar-refractivity contribution in [2.45, 2.75) is 65.4 Å². The molecular formula is C28H35NO3. The number of Topliss-reactive ketones (excluding diaryl/α,β-unsaturated/α-hetero) is 1. The number of carbonyl (C=O) groups is 2. The minimum Gasteiger partial charge on any atom is -0.392 e. The third-order valence-electron chi connectivity index (χ3n) is 7.49.